The van der Waals surface area contributed by atoms with Gasteiger partial charge < -0.3 is 4.90 Å². The van der Waals surface area contributed by atoms with E-state index in [-0.39, 0.29) is 10.9 Å². The standard InChI is InChI=1S/C13H17F3N2O2S.C2H6/c1-18-8-2-3-11(9-18)17-21(19,20)12-6-4-10(5-7-12)13(14,15)16;1-2/h4-7,11,17H,2-3,8-9H2,1H3;1-2H3/t11-;/m1./s1. The molecule has 132 valence electrons. The number of rotatable bonds is 3. The van der Waals surface area contributed by atoms with Crippen LogP contribution in [0.25, 0.3) is 0 Å². The molecule has 0 unspecified atom stereocenters. The zero-order valence-corrected chi connectivity index (χ0v) is 14.3. The number of sulfonamides is 1. The highest BCUT2D eigenvalue weighted by molar-refractivity contribution is 7.89. The summed E-state index contributed by atoms with van der Waals surface area (Å²) in [7, 11) is -1.89. The van der Waals surface area contributed by atoms with Gasteiger partial charge in [0.15, 0.2) is 0 Å². The number of benzene rings is 1. The SMILES string of the molecule is CC.CN1CCC[C@@H](NS(=O)(=O)c2ccc(C(F)(F)F)cc2)C1. The third-order valence-electron chi connectivity index (χ3n) is 3.44. The van der Waals surface area contributed by atoms with Gasteiger partial charge in [-0.2, -0.15) is 13.2 Å². The van der Waals surface area contributed by atoms with E-state index in [9.17, 15) is 21.6 Å². The number of nitrogens with zero attached hydrogens (tertiary/aromatic N) is 1. The fraction of sp³-hybridized carbons (Fsp3) is 0.600. The molecular formula is C15H23F3N2O2S. The second-order valence-corrected chi connectivity index (χ2v) is 6.96. The van der Waals surface area contributed by atoms with Crippen molar-refractivity contribution in [2.75, 3.05) is 20.1 Å². The molecule has 2 rings (SSSR count). The molecule has 0 saturated carbocycles. The Morgan fingerprint density at radius 3 is 2.22 bits per heavy atom. The molecule has 0 spiro atoms. The maximum atomic E-state index is 12.5. The summed E-state index contributed by atoms with van der Waals surface area (Å²) in [6, 6.07) is 3.31. The molecule has 1 aliphatic heterocycles. The summed E-state index contributed by atoms with van der Waals surface area (Å²) in [4.78, 5) is 1.87. The highest BCUT2D eigenvalue weighted by atomic mass is 32.2. The van der Waals surface area contributed by atoms with Gasteiger partial charge in [0.2, 0.25) is 10.0 Å². The number of piperidine rings is 1. The number of alkyl halides is 3. The van der Waals surface area contributed by atoms with Crippen molar-refractivity contribution in [1.29, 1.82) is 0 Å². The molecule has 1 fully saturated rings. The highest BCUT2D eigenvalue weighted by Gasteiger charge is 2.31. The zero-order chi connectivity index (χ0) is 17.7. The van der Waals surface area contributed by atoms with Crippen LogP contribution in [0.5, 0.6) is 0 Å². The second-order valence-electron chi connectivity index (χ2n) is 5.24. The van der Waals surface area contributed by atoms with Crippen LogP contribution in [0.15, 0.2) is 29.2 Å². The largest absolute Gasteiger partial charge is 0.416 e. The lowest BCUT2D eigenvalue weighted by molar-refractivity contribution is -0.137. The van der Waals surface area contributed by atoms with Crippen molar-refractivity contribution in [2.45, 2.75) is 43.8 Å². The molecule has 1 atom stereocenters. The maximum absolute atomic E-state index is 12.5. The van der Waals surface area contributed by atoms with Crippen LogP contribution in [0.4, 0.5) is 13.2 Å². The van der Waals surface area contributed by atoms with Crippen LogP contribution >= 0.6 is 0 Å². The van der Waals surface area contributed by atoms with Gasteiger partial charge in [0.25, 0.3) is 0 Å². The van der Waals surface area contributed by atoms with Crippen LogP contribution in [-0.4, -0.2) is 39.5 Å². The predicted molar refractivity (Wildman–Crippen MR) is 83.6 cm³/mol. The number of likely N-dealkylation sites (tertiary alicyclic amines) is 1. The summed E-state index contributed by atoms with van der Waals surface area (Å²) in [6.45, 7) is 5.51. The first kappa shape index (κ1) is 19.9. The lowest BCUT2D eigenvalue weighted by Gasteiger charge is -2.29. The van der Waals surface area contributed by atoms with Gasteiger partial charge in [0, 0.05) is 12.6 Å². The molecule has 0 amide bonds. The molecule has 23 heavy (non-hydrogen) atoms. The number of halogens is 3. The van der Waals surface area contributed by atoms with Crippen LogP contribution in [0, 0.1) is 0 Å². The topological polar surface area (TPSA) is 49.4 Å². The number of hydrogen-bond acceptors (Lipinski definition) is 3. The van der Waals surface area contributed by atoms with E-state index in [1.54, 1.807) is 0 Å². The molecule has 0 bridgehead atoms. The lowest BCUT2D eigenvalue weighted by atomic mass is 10.1. The Kier molecular flexibility index (Phi) is 7.03. The van der Waals surface area contributed by atoms with Crippen molar-refractivity contribution in [3.8, 4) is 0 Å². The van der Waals surface area contributed by atoms with E-state index in [2.05, 4.69) is 4.72 Å². The van der Waals surface area contributed by atoms with Gasteiger partial charge in [-0.3, -0.25) is 0 Å². The summed E-state index contributed by atoms with van der Waals surface area (Å²) < 4.78 is 64.2. The average Bonchev–Trinajstić information content (AvgIpc) is 2.48. The van der Waals surface area contributed by atoms with Gasteiger partial charge in [-0.15, -0.1) is 0 Å². The molecule has 8 heteroatoms. The first-order valence-corrected chi connectivity index (χ1v) is 9.05. The van der Waals surface area contributed by atoms with E-state index in [0.717, 1.165) is 43.7 Å². The summed E-state index contributed by atoms with van der Waals surface area (Å²) >= 11 is 0. The van der Waals surface area contributed by atoms with Crippen LogP contribution < -0.4 is 4.72 Å². The molecule has 1 heterocycles. The number of hydrogen-bond donors (Lipinski definition) is 1. The molecule has 4 nitrogen and oxygen atoms in total. The molecular weight excluding hydrogens is 329 g/mol. The quantitative estimate of drug-likeness (QED) is 0.909. The van der Waals surface area contributed by atoms with Crippen LogP contribution in [-0.2, 0) is 16.2 Å². The fourth-order valence-electron chi connectivity index (χ4n) is 2.37. The monoisotopic (exact) mass is 352 g/mol. The zero-order valence-electron chi connectivity index (χ0n) is 13.5. The first-order chi connectivity index (χ1) is 10.7. The third-order valence-corrected chi connectivity index (χ3v) is 4.97. The third kappa shape index (κ3) is 5.78. The first-order valence-electron chi connectivity index (χ1n) is 7.56. The Morgan fingerprint density at radius 2 is 1.74 bits per heavy atom. The number of nitrogens with one attached hydrogen (secondary N) is 1. The summed E-state index contributed by atoms with van der Waals surface area (Å²) in [5.41, 5.74) is -0.862. The molecule has 0 aliphatic carbocycles. The summed E-state index contributed by atoms with van der Waals surface area (Å²) in [6.07, 6.45) is -2.86. The Bertz CT molecular complexity index is 586. The molecule has 1 saturated heterocycles. The molecule has 1 aromatic rings. The van der Waals surface area contributed by atoms with Gasteiger partial charge in [0.05, 0.1) is 10.5 Å². The van der Waals surface area contributed by atoms with Gasteiger partial charge in [0.1, 0.15) is 0 Å². The van der Waals surface area contributed by atoms with Gasteiger partial charge in [-0.1, -0.05) is 13.8 Å². The van der Waals surface area contributed by atoms with Gasteiger partial charge in [-0.05, 0) is 50.7 Å². The lowest BCUT2D eigenvalue weighted by Crippen LogP contribution is -2.46. The van der Waals surface area contributed by atoms with Crippen LogP contribution in [0.3, 0.4) is 0 Å². The van der Waals surface area contributed by atoms with Crippen molar-refractivity contribution in [3.05, 3.63) is 29.8 Å². The average molecular weight is 352 g/mol. The van der Waals surface area contributed by atoms with E-state index in [1.807, 2.05) is 25.8 Å². The van der Waals surface area contributed by atoms with Crippen LogP contribution in [0.2, 0.25) is 0 Å². The van der Waals surface area contributed by atoms with E-state index >= 15 is 0 Å². The predicted octanol–water partition coefficient (Wildman–Crippen LogP) is 3.10. The van der Waals surface area contributed by atoms with Crippen molar-refractivity contribution in [1.82, 2.24) is 9.62 Å². The summed E-state index contributed by atoms with van der Waals surface area (Å²) in [5.74, 6) is 0. The fourth-order valence-corrected chi connectivity index (χ4v) is 3.63. The Labute approximate surface area is 135 Å². The Morgan fingerprint density at radius 1 is 1.17 bits per heavy atom. The Balaban J connectivity index is 0.00000127. The second kappa shape index (κ2) is 8.12. The van der Waals surface area contributed by atoms with Crippen molar-refractivity contribution < 1.29 is 21.6 Å². The smallest absolute Gasteiger partial charge is 0.305 e. The minimum Gasteiger partial charge on any atom is -0.305 e. The molecule has 0 aromatic heterocycles. The van der Waals surface area contributed by atoms with E-state index in [0.29, 0.717) is 6.54 Å². The van der Waals surface area contributed by atoms with E-state index < -0.39 is 21.8 Å². The van der Waals surface area contributed by atoms with Crippen molar-refractivity contribution in [3.63, 3.8) is 0 Å². The number of likely N-dealkylation sites (N-methyl/N-ethyl adjacent to an activating group) is 1. The highest BCUT2D eigenvalue weighted by Crippen LogP contribution is 2.29. The maximum Gasteiger partial charge on any atom is 0.416 e. The minimum absolute atomic E-state index is 0.149. The molecule has 1 aliphatic rings. The normalized spacial score (nSPS) is 19.8. The van der Waals surface area contributed by atoms with E-state index in [1.165, 1.54) is 0 Å². The van der Waals surface area contributed by atoms with Gasteiger partial charge in [-0.25, -0.2) is 13.1 Å². The van der Waals surface area contributed by atoms with Crippen LogP contribution in [0.1, 0.15) is 32.3 Å². The Hall–Kier alpha value is -1.12. The van der Waals surface area contributed by atoms with Crippen molar-refractivity contribution in [2.24, 2.45) is 0 Å². The molecule has 1 N–H and O–H groups in total. The van der Waals surface area contributed by atoms with Crippen molar-refractivity contribution >= 4 is 10.0 Å². The molecule has 0 radical (unpaired) electrons. The minimum atomic E-state index is -4.47. The van der Waals surface area contributed by atoms with E-state index in [4.69, 9.17) is 0 Å². The van der Waals surface area contributed by atoms with Gasteiger partial charge >= 0.3 is 6.18 Å². The summed E-state index contributed by atoms with van der Waals surface area (Å²) in [5, 5.41) is 0. The molecule has 1 aromatic carbocycles.